The third kappa shape index (κ3) is 5.77. The summed E-state index contributed by atoms with van der Waals surface area (Å²) in [6.45, 7) is 6.27. The maximum Gasteiger partial charge on any atom is 0.125 e. The van der Waals surface area contributed by atoms with E-state index >= 15 is 0 Å². The Balaban J connectivity index is 0.00000101. The first-order chi connectivity index (χ1) is 14.3. The predicted octanol–water partition coefficient (Wildman–Crippen LogP) is 5.86. The molecule has 0 spiro atoms. The number of rotatable bonds is 6. The first-order valence-electron chi connectivity index (χ1n) is 10.2. The van der Waals surface area contributed by atoms with Gasteiger partial charge in [-0.3, -0.25) is 9.97 Å². The van der Waals surface area contributed by atoms with Gasteiger partial charge in [0, 0.05) is 46.4 Å². The Morgan fingerprint density at radius 3 is 2.47 bits per heavy atom. The van der Waals surface area contributed by atoms with Crippen LogP contribution in [-0.4, -0.2) is 34.9 Å². The number of aromatic hydroxyl groups is 1. The van der Waals surface area contributed by atoms with Crippen molar-refractivity contribution in [3.05, 3.63) is 53.1 Å². The Bertz CT molecular complexity index is 1020. The summed E-state index contributed by atoms with van der Waals surface area (Å²) < 4.78 is 0. The van der Waals surface area contributed by atoms with E-state index < -0.39 is 0 Å². The molecule has 0 aliphatic rings. The largest absolute Gasteiger partial charge is 0.507 e. The van der Waals surface area contributed by atoms with Crippen molar-refractivity contribution < 1.29 is 5.11 Å². The lowest BCUT2D eigenvalue weighted by Crippen LogP contribution is -1.98. The Labute approximate surface area is 184 Å². The van der Waals surface area contributed by atoms with E-state index in [1.807, 2.05) is 39.3 Å². The number of nitrogens with zero attached hydrogens (tertiary/aromatic N) is 2. The molecule has 5 nitrogen and oxygen atoms in total. The van der Waals surface area contributed by atoms with Crippen LogP contribution in [0.25, 0.3) is 21.9 Å². The Hall–Kier alpha value is -2.50. The van der Waals surface area contributed by atoms with Crippen LogP contribution in [0.5, 0.6) is 5.75 Å². The number of aryl methyl sites for hydroxylation is 1. The van der Waals surface area contributed by atoms with Crippen molar-refractivity contribution in [1.29, 1.82) is 5.41 Å². The Kier molecular flexibility index (Phi) is 8.75. The van der Waals surface area contributed by atoms with Crippen molar-refractivity contribution in [3.63, 3.8) is 0 Å². The van der Waals surface area contributed by atoms with E-state index in [0.717, 1.165) is 40.4 Å². The molecular formula is C24H31ClN4O. The van der Waals surface area contributed by atoms with Crippen LogP contribution in [0.1, 0.15) is 44.9 Å². The first-order valence-corrected chi connectivity index (χ1v) is 10.6. The van der Waals surface area contributed by atoms with Crippen LogP contribution in [0.4, 0.5) is 0 Å². The lowest BCUT2D eigenvalue weighted by molar-refractivity contribution is 0.475. The van der Waals surface area contributed by atoms with Gasteiger partial charge in [0.05, 0.1) is 10.7 Å². The minimum absolute atomic E-state index is 0.106. The number of phenolic OH excluding ortho intramolecular Hbond substituents is 1. The average Bonchev–Trinajstić information content (AvgIpc) is 2.72. The number of benzene rings is 1. The summed E-state index contributed by atoms with van der Waals surface area (Å²) in [5.41, 5.74) is 3.58. The summed E-state index contributed by atoms with van der Waals surface area (Å²) in [5.74, 6) is 0.707. The van der Waals surface area contributed by atoms with Crippen LogP contribution in [0.2, 0.25) is 5.02 Å². The molecule has 3 aromatic rings. The molecule has 3 N–H and O–H groups in total. The molecule has 0 saturated heterocycles. The van der Waals surface area contributed by atoms with Gasteiger partial charge in [-0.2, -0.15) is 0 Å². The molecule has 0 aliphatic heterocycles. The van der Waals surface area contributed by atoms with Crippen molar-refractivity contribution in [1.82, 2.24) is 15.3 Å². The van der Waals surface area contributed by atoms with E-state index in [1.54, 1.807) is 18.5 Å². The van der Waals surface area contributed by atoms with Crippen LogP contribution >= 0.6 is 11.6 Å². The lowest BCUT2D eigenvalue weighted by atomic mass is 9.97. The monoisotopic (exact) mass is 426 g/mol. The van der Waals surface area contributed by atoms with Gasteiger partial charge in [0.25, 0.3) is 0 Å². The zero-order valence-electron chi connectivity index (χ0n) is 18.4. The normalized spacial score (nSPS) is 10.8. The van der Waals surface area contributed by atoms with Crippen LogP contribution in [0, 0.1) is 11.3 Å². The van der Waals surface area contributed by atoms with E-state index in [1.165, 1.54) is 0 Å². The zero-order chi connectivity index (χ0) is 22.3. The second kappa shape index (κ2) is 11.0. The predicted molar refractivity (Wildman–Crippen MR) is 127 cm³/mol. The molecule has 3 rings (SSSR count). The highest BCUT2D eigenvalue weighted by atomic mass is 35.5. The molecule has 30 heavy (non-hydrogen) atoms. The number of halogens is 1. The van der Waals surface area contributed by atoms with E-state index in [4.69, 9.17) is 17.0 Å². The molecule has 0 amide bonds. The van der Waals surface area contributed by atoms with Gasteiger partial charge in [-0.25, -0.2) is 0 Å². The summed E-state index contributed by atoms with van der Waals surface area (Å²) in [6, 6.07) is 5.44. The molecule has 2 heterocycles. The second-order valence-corrected chi connectivity index (χ2v) is 8.10. The zero-order valence-corrected chi connectivity index (χ0v) is 19.1. The number of nitrogens with one attached hydrogen (secondary N) is 2. The highest BCUT2D eigenvalue weighted by Crippen LogP contribution is 2.34. The van der Waals surface area contributed by atoms with Crippen LogP contribution in [-0.2, 0) is 6.42 Å². The van der Waals surface area contributed by atoms with Gasteiger partial charge in [0.15, 0.2) is 0 Å². The van der Waals surface area contributed by atoms with Gasteiger partial charge >= 0.3 is 0 Å². The van der Waals surface area contributed by atoms with Gasteiger partial charge in [0.1, 0.15) is 5.75 Å². The minimum atomic E-state index is 0.106. The average molecular weight is 427 g/mol. The number of fused-ring (bicyclic) bond motifs is 1. The minimum Gasteiger partial charge on any atom is -0.507 e. The fraction of sp³-hybridized carbons (Fsp3) is 0.375. The number of phenols is 1. The van der Waals surface area contributed by atoms with Crippen molar-refractivity contribution in [2.75, 3.05) is 14.1 Å². The van der Waals surface area contributed by atoms with Crippen LogP contribution < -0.4 is 5.32 Å². The Morgan fingerprint density at radius 1 is 1.17 bits per heavy atom. The molecule has 0 unspecified atom stereocenters. The number of pyridine rings is 2. The molecule has 0 fully saturated rings. The van der Waals surface area contributed by atoms with E-state index in [2.05, 4.69) is 29.1 Å². The number of aromatic nitrogens is 2. The molecule has 0 bridgehead atoms. The summed E-state index contributed by atoms with van der Waals surface area (Å²) >= 11 is 6.47. The topological polar surface area (TPSA) is 81.9 Å². The fourth-order valence-electron chi connectivity index (χ4n) is 3.09. The molecule has 0 atom stereocenters. The molecule has 0 aliphatic carbocycles. The molecule has 0 radical (unpaired) electrons. The quantitative estimate of drug-likeness (QED) is 0.431. The van der Waals surface area contributed by atoms with Crippen molar-refractivity contribution in [3.8, 4) is 16.9 Å². The standard InChI is InChI=1S/C22H24ClN3O.C2H7N/c1-4-20(24)17-7-14-10-25-12-18(16(14)9-22(17)27)15-8-19(23)21(26-11-15)6-5-13(2)3;1-3-2/h7-13,24,27H,4-6H2,1-3H3;3H,1-2H3. The third-order valence-electron chi connectivity index (χ3n) is 4.74. The Morgan fingerprint density at radius 2 is 1.87 bits per heavy atom. The molecule has 6 heteroatoms. The van der Waals surface area contributed by atoms with Crippen molar-refractivity contribution >= 4 is 28.1 Å². The van der Waals surface area contributed by atoms with Gasteiger partial charge < -0.3 is 15.8 Å². The van der Waals surface area contributed by atoms with E-state index in [0.29, 0.717) is 28.6 Å². The van der Waals surface area contributed by atoms with Crippen molar-refractivity contribution in [2.45, 2.75) is 40.0 Å². The number of hydrogen-bond acceptors (Lipinski definition) is 5. The lowest BCUT2D eigenvalue weighted by Gasteiger charge is -2.12. The van der Waals surface area contributed by atoms with Gasteiger partial charge in [0.2, 0.25) is 0 Å². The summed E-state index contributed by atoms with van der Waals surface area (Å²) in [6.07, 6.45) is 7.78. The second-order valence-electron chi connectivity index (χ2n) is 7.69. The molecule has 0 saturated carbocycles. The molecule has 1 aromatic carbocycles. The summed E-state index contributed by atoms with van der Waals surface area (Å²) in [4.78, 5) is 8.89. The SMILES string of the molecule is CCC(=N)c1cc2cncc(-c3cnc(CCC(C)C)c(Cl)c3)c2cc1O.CNC. The molecule has 160 valence electrons. The van der Waals surface area contributed by atoms with Gasteiger partial charge in [-0.05, 0) is 62.9 Å². The number of hydrogen-bond donors (Lipinski definition) is 3. The smallest absolute Gasteiger partial charge is 0.125 e. The maximum absolute atomic E-state index is 10.4. The van der Waals surface area contributed by atoms with Crippen LogP contribution in [0.3, 0.4) is 0 Å². The first kappa shape index (κ1) is 23.8. The molecule has 2 aromatic heterocycles. The fourth-order valence-corrected chi connectivity index (χ4v) is 3.35. The van der Waals surface area contributed by atoms with Crippen LogP contribution in [0.15, 0.2) is 36.8 Å². The van der Waals surface area contributed by atoms with Gasteiger partial charge in [-0.15, -0.1) is 0 Å². The molecular weight excluding hydrogens is 396 g/mol. The highest BCUT2D eigenvalue weighted by Gasteiger charge is 2.13. The third-order valence-corrected chi connectivity index (χ3v) is 5.07. The van der Waals surface area contributed by atoms with Crippen molar-refractivity contribution in [2.24, 2.45) is 5.92 Å². The van der Waals surface area contributed by atoms with Gasteiger partial charge in [-0.1, -0.05) is 32.4 Å². The summed E-state index contributed by atoms with van der Waals surface area (Å²) in [5, 5.41) is 23.6. The van der Waals surface area contributed by atoms with E-state index in [9.17, 15) is 5.11 Å². The highest BCUT2D eigenvalue weighted by molar-refractivity contribution is 6.31. The van der Waals surface area contributed by atoms with E-state index in [-0.39, 0.29) is 5.75 Å². The summed E-state index contributed by atoms with van der Waals surface area (Å²) in [7, 11) is 3.75. The maximum atomic E-state index is 10.4.